The summed E-state index contributed by atoms with van der Waals surface area (Å²) in [6.45, 7) is -0.782. The molecule has 0 aromatic carbocycles. The molecule has 0 saturated heterocycles. The molecule has 2 unspecified atom stereocenters. The van der Waals surface area contributed by atoms with Crippen LogP contribution < -0.4 is 0 Å². The van der Waals surface area contributed by atoms with Gasteiger partial charge in [-0.25, -0.2) is 0 Å². The van der Waals surface area contributed by atoms with Gasteiger partial charge in [-0.15, -0.1) is 0 Å². The maximum absolute atomic E-state index is 11.2. The molecule has 0 aromatic heterocycles. The Kier molecular flexibility index (Phi) is 13.7. The zero-order valence-corrected chi connectivity index (χ0v) is 20.3. The Bertz CT molecular complexity index is 695. The second kappa shape index (κ2) is 13.4. The molecule has 21 heteroatoms. The number of hydrogen-bond acceptors (Lipinski definition) is 8. The van der Waals surface area contributed by atoms with Crippen molar-refractivity contribution in [3.63, 3.8) is 0 Å². The van der Waals surface area contributed by atoms with Crippen LogP contribution in [0.1, 0.15) is 0 Å². The van der Waals surface area contributed by atoms with Gasteiger partial charge in [-0.05, 0) is 0 Å². The summed E-state index contributed by atoms with van der Waals surface area (Å²) in [5.74, 6) is 0. The van der Waals surface area contributed by atoms with Crippen molar-refractivity contribution in [2.45, 2.75) is 0 Å². The fourth-order valence-electron chi connectivity index (χ4n) is 2.39. The van der Waals surface area contributed by atoms with Crippen molar-refractivity contribution in [1.82, 2.24) is 14.7 Å². The van der Waals surface area contributed by atoms with Gasteiger partial charge in [0.1, 0.15) is 18.9 Å². The van der Waals surface area contributed by atoms with Gasteiger partial charge in [0.05, 0.1) is 12.6 Å². The molecule has 16 nitrogen and oxygen atoms in total. The summed E-state index contributed by atoms with van der Waals surface area (Å²) in [6, 6.07) is 0. The van der Waals surface area contributed by atoms with E-state index in [0.717, 1.165) is 9.80 Å². The van der Waals surface area contributed by atoms with Gasteiger partial charge in [0.2, 0.25) is 16.1 Å². The van der Waals surface area contributed by atoms with Crippen LogP contribution in [0.15, 0.2) is 0 Å². The van der Waals surface area contributed by atoms with E-state index in [9.17, 15) is 27.7 Å². The monoisotopic (exact) mass is 541 g/mol. The van der Waals surface area contributed by atoms with E-state index in [1.54, 1.807) is 0 Å². The third-order valence-electron chi connectivity index (χ3n) is 3.34. The summed E-state index contributed by atoms with van der Waals surface area (Å²) in [7, 11) is -20.1. The molecule has 30 heavy (non-hydrogen) atoms. The molecule has 0 heterocycles. The van der Waals surface area contributed by atoms with Crippen molar-refractivity contribution in [3.05, 3.63) is 0 Å². The van der Waals surface area contributed by atoms with Crippen LogP contribution in [-0.4, -0.2) is 111 Å². The Morgan fingerprint density at radius 2 is 0.800 bits per heavy atom. The molecule has 0 aliphatic heterocycles. The van der Waals surface area contributed by atoms with Crippen LogP contribution in [0.4, 0.5) is 0 Å². The second-order valence-corrected chi connectivity index (χ2v) is 13.5. The summed E-state index contributed by atoms with van der Waals surface area (Å²) < 4.78 is 55.8. The van der Waals surface area contributed by atoms with Crippen LogP contribution in [0.3, 0.4) is 0 Å². The molecule has 0 aliphatic rings. The van der Waals surface area contributed by atoms with Gasteiger partial charge in [-0.3, -0.25) is 37.5 Å². The first kappa shape index (κ1) is 30.7. The van der Waals surface area contributed by atoms with E-state index in [1.165, 1.54) is 4.90 Å². The Morgan fingerprint density at radius 3 is 1.13 bits per heavy atom. The third-order valence-corrected chi connectivity index (χ3v) is 7.08. The summed E-state index contributed by atoms with van der Waals surface area (Å²) in [4.78, 5) is 75.6. The van der Waals surface area contributed by atoms with Gasteiger partial charge in [-0.1, -0.05) is 0 Å². The topological polar surface area (TPSA) is 257 Å². The molecular formula is C9H28N3O13P5. The molecule has 8 N–H and O–H groups in total. The maximum Gasteiger partial charge on any atom is 0.339 e. The highest BCUT2D eigenvalue weighted by Crippen LogP contribution is 2.40. The fourth-order valence-corrected chi connectivity index (χ4v) is 6.37. The lowest BCUT2D eigenvalue weighted by Gasteiger charge is -2.29. The van der Waals surface area contributed by atoms with Gasteiger partial charge in [0, 0.05) is 26.2 Å². The van der Waals surface area contributed by atoms with Gasteiger partial charge in [0.15, 0.2) is 0 Å². The van der Waals surface area contributed by atoms with Crippen LogP contribution in [0, 0.1) is 0 Å². The summed E-state index contributed by atoms with van der Waals surface area (Å²) >= 11 is 0. The average Bonchev–Trinajstić information content (AvgIpc) is 2.43. The first-order chi connectivity index (χ1) is 13.4. The molecular weight excluding hydrogens is 513 g/mol. The van der Waals surface area contributed by atoms with Crippen molar-refractivity contribution in [3.8, 4) is 0 Å². The van der Waals surface area contributed by atoms with Gasteiger partial charge in [-0.2, -0.15) is 0 Å². The van der Waals surface area contributed by atoms with E-state index in [-0.39, 0.29) is 26.2 Å². The highest BCUT2D eigenvalue weighted by molar-refractivity contribution is 7.52. The minimum Gasteiger partial charge on any atom is -0.345 e. The van der Waals surface area contributed by atoms with E-state index in [1.807, 2.05) is 0 Å². The van der Waals surface area contributed by atoms with Crippen LogP contribution in [0.2, 0.25) is 0 Å². The van der Waals surface area contributed by atoms with Gasteiger partial charge >= 0.3 is 22.8 Å². The van der Waals surface area contributed by atoms with E-state index in [2.05, 4.69) is 0 Å². The van der Waals surface area contributed by atoms with E-state index < -0.39 is 70.3 Å². The Balaban J connectivity index is 5.16. The van der Waals surface area contributed by atoms with Crippen molar-refractivity contribution in [2.75, 3.05) is 57.6 Å². The largest absolute Gasteiger partial charge is 0.345 e. The molecule has 0 rings (SSSR count). The van der Waals surface area contributed by atoms with Crippen LogP contribution in [0.5, 0.6) is 0 Å². The molecule has 0 radical (unpaired) electrons. The van der Waals surface area contributed by atoms with E-state index in [0.29, 0.717) is 0 Å². The molecule has 0 fully saturated rings. The van der Waals surface area contributed by atoms with Crippen molar-refractivity contribution >= 4 is 38.8 Å². The zero-order chi connectivity index (χ0) is 23.8. The quantitative estimate of drug-likeness (QED) is 0.0997. The van der Waals surface area contributed by atoms with Crippen molar-refractivity contribution in [1.29, 1.82) is 0 Å². The number of rotatable bonds is 16. The standard InChI is InChI=1S/C9H28N3O13P5/c13-26(14)5-10(1-3-11(6-27(15)16)7-28(17,18)19)2-4-12(8-29(20,21)22)9-30(23,24)25/h26-27H,1-9H2,(H,13,14)(H,15,16)(H2,17,18,19)(H2,20,21,22)(H2,23,24,25). The second-order valence-electron chi connectivity index (χ2n) is 6.43. The SMILES string of the molecule is O=[PH](O)CN(CCN(C[PH](=O)O)CP(=O)(O)O)CCN(CP(=O)(O)O)CP(=O)(O)O. The van der Waals surface area contributed by atoms with Crippen LogP contribution in [0.25, 0.3) is 0 Å². The molecule has 0 aliphatic carbocycles. The lowest BCUT2D eigenvalue weighted by atomic mass is 10.4. The molecule has 0 saturated carbocycles. The number of nitrogens with zero attached hydrogens (tertiary/aromatic N) is 3. The molecule has 0 aromatic rings. The maximum atomic E-state index is 11.2. The third kappa shape index (κ3) is 19.4. The first-order valence-corrected chi connectivity index (χ1v) is 16.6. The highest BCUT2D eigenvalue weighted by Gasteiger charge is 2.26. The normalized spacial score (nSPS) is 15.8. The van der Waals surface area contributed by atoms with Gasteiger partial charge in [0.25, 0.3) is 0 Å². The predicted molar refractivity (Wildman–Crippen MR) is 108 cm³/mol. The van der Waals surface area contributed by atoms with E-state index in [4.69, 9.17) is 34.3 Å². The zero-order valence-electron chi connectivity index (χ0n) is 15.7. The highest BCUT2D eigenvalue weighted by atomic mass is 31.2. The molecule has 2 atom stereocenters. The van der Waals surface area contributed by atoms with Crippen LogP contribution >= 0.6 is 38.8 Å². The van der Waals surface area contributed by atoms with Crippen molar-refractivity contribution < 1.29 is 62.0 Å². The first-order valence-electron chi connectivity index (χ1n) is 8.11. The van der Waals surface area contributed by atoms with Crippen LogP contribution in [-0.2, 0) is 22.8 Å². The Morgan fingerprint density at radius 1 is 0.533 bits per heavy atom. The molecule has 182 valence electrons. The smallest absolute Gasteiger partial charge is 0.339 e. The lowest BCUT2D eigenvalue weighted by Crippen LogP contribution is -2.40. The summed E-state index contributed by atoms with van der Waals surface area (Å²) in [6.07, 6.45) is -3.69. The summed E-state index contributed by atoms with van der Waals surface area (Å²) in [5.41, 5.74) is 0. The summed E-state index contributed by atoms with van der Waals surface area (Å²) in [5, 5.41) is 0. The minimum atomic E-state index is -4.66. The predicted octanol–water partition coefficient (Wildman–Crippen LogP) is -1.85. The average molecular weight is 541 g/mol. The molecule has 0 amide bonds. The Labute approximate surface area is 173 Å². The minimum absolute atomic E-state index is 0.119. The van der Waals surface area contributed by atoms with Crippen molar-refractivity contribution in [2.24, 2.45) is 0 Å². The fraction of sp³-hybridized carbons (Fsp3) is 1.00. The lowest BCUT2D eigenvalue weighted by molar-refractivity contribution is 0.208. The van der Waals surface area contributed by atoms with E-state index >= 15 is 0 Å². The molecule has 0 spiro atoms. The Hall–Kier alpha value is 0.710. The van der Waals surface area contributed by atoms with Gasteiger partial charge < -0.3 is 39.1 Å². The molecule has 0 bridgehead atoms. The number of hydrogen-bond donors (Lipinski definition) is 8.